The van der Waals surface area contributed by atoms with Crippen LogP contribution in [0.3, 0.4) is 0 Å². The third-order valence-corrected chi connectivity index (χ3v) is 3.40. The van der Waals surface area contributed by atoms with Gasteiger partial charge in [-0.2, -0.15) is 0 Å². The third-order valence-electron chi connectivity index (χ3n) is 3.40. The van der Waals surface area contributed by atoms with Crippen molar-refractivity contribution in [2.45, 2.75) is 38.7 Å². The molecule has 0 aliphatic heterocycles. The molecule has 0 bridgehead atoms. The maximum absolute atomic E-state index is 12.5. The molecule has 0 fully saturated rings. The molecule has 0 aromatic heterocycles. The first-order chi connectivity index (χ1) is 8.75. The number of carbonyl (C=O) groups excluding carboxylic acids is 1. The van der Waals surface area contributed by atoms with E-state index in [-0.39, 0.29) is 5.91 Å². The Morgan fingerprint density at radius 3 is 2.37 bits per heavy atom. The lowest BCUT2D eigenvalue weighted by Crippen LogP contribution is -2.42. The van der Waals surface area contributed by atoms with Crippen LogP contribution in [0.1, 0.15) is 32.8 Å². The minimum absolute atomic E-state index is 0.0397. The van der Waals surface area contributed by atoms with Crippen LogP contribution in [0.15, 0.2) is 24.3 Å². The largest absolute Gasteiger partial charge is 0.399 e. The molecule has 0 aliphatic rings. The number of carbonyl (C=O) groups is 1. The van der Waals surface area contributed by atoms with E-state index in [2.05, 4.69) is 0 Å². The molecule has 0 saturated carbocycles. The molecule has 0 heterocycles. The van der Waals surface area contributed by atoms with Gasteiger partial charge in [-0.05, 0) is 44.9 Å². The third kappa shape index (κ3) is 3.96. The molecule has 19 heavy (non-hydrogen) atoms. The first-order valence-corrected chi connectivity index (χ1v) is 6.55. The number of likely N-dealkylation sites (N-methyl/N-ethyl adjacent to an activating group) is 1. The molecule has 1 unspecified atom stereocenters. The summed E-state index contributed by atoms with van der Waals surface area (Å²) in [5.41, 5.74) is 6.70. The van der Waals surface area contributed by atoms with Crippen LogP contribution in [0.25, 0.3) is 0 Å². The molecule has 4 nitrogen and oxygen atoms in total. The summed E-state index contributed by atoms with van der Waals surface area (Å²) in [7, 11) is 1.77. The van der Waals surface area contributed by atoms with Crippen LogP contribution in [0.2, 0.25) is 0 Å². The van der Waals surface area contributed by atoms with Gasteiger partial charge in [0.05, 0.1) is 11.5 Å². The van der Waals surface area contributed by atoms with Gasteiger partial charge in [0.1, 0.15) is 0 Å². The van der Waals surface area contributed by atoms with Crippen molar-refractivity contribution in [1.82, 2.24) is 4.90 Å². The standard InChI is InChI=1S/C15H24N2O2/c1-11(18)9-10-17(4)14(19)15(2,3)12-5-7-13(16)8-6-12/h5-8,11,18H,9-10,16H2,1-4H3. The van der Waals surface area contributed by atoms with Gasteiger partial charge in [0.2, 0.25) is 5.91 Å². The lowest BCUT2D eigenvalue weighted by Gasteiger charge is -2.30. The summed E-state index contributed by atoms with van der Waals surface area (Å²) in [5.74, 6) is 0.0397. The van der Waals surface area contributed by atoms with Crippen molar-refractivity contribution in [2.24, 2.45) is 0 Å². The number of hydrogen-bond acceptors (Lipinski definition) is 3. The fourth-order valence-electron chi connectivity index (χ4n) is 1.98. The zero-order valence-corrected chi connectivity index (χ0v) is 12.2. The Morgan fingerprint density at radius 2 is 1.89 bits per heavy atom. The zero-order chi connectivity index (χ0) is 14.6. The highest BCUT2D eigenvalue weighted by Gasteiger charge is 2.32. The summed E-state index contributed by atoms with van der Waals surface area (Å²) in [6, 6.07) is 7.38. The van der Waals surface area contributed by atoms with E-state index in [1.165, 1.54) is 0 Å². The second kappa shape index (κ2) is 6.06. The Kier molecular flexibility index (Phi) is 4.95. The number of rotatable bonds is 5. The number of nitrogens with two attached hydrogens (primary N) is 1. The van der Waals surface area contributed by atoms with E-state index in [1.807, 2.05) is 26.0 Å². The second-order valence-electron chi connectivity index (χ2n) is 5.61. The smallest absolute Gasteiger partial charge is 0.232 e. The van der Waals surface area contributed by atoms with E-state index in [1.54, 1.807) is 31.0 Å². The average Bonchev–Trinajstić information content (AvgIpc) is 2.35. The highest BCUT2D eigenvalue weighted by atomic mass is 16.3. The van der Waals surface area contributed by atoms with Gasteiger partial charge in [-0.25, -0.2) is 0 Å². The van der Waals surface area contributed by atoms with E-state index in [4.69, 9.17) is 5.73 Å². The predicted octanol–water partition coefficient (Wildman–Crippen LogP) is 1.78. The highest BCUT2D eigenvalue weighted by molar-refractivity contribution is 5.87. The average molecular weight is 264 g/mol. The summed E-state index contributed by atoms with van der Waals surface area (Å²) < 4.78 is 0. The number of amides is 1. The van der Waals surface area contributed by atoms with Crippen molar-refractivity contribution >= 4 is 11.6 Å². The van der Waals surface area contributed by atoms with Crippen LogP contribution in [0, 0.1) is 0 Å². The molecule has 0 spiro atoms. The van der Waals surface area contributed by atoms with Crippen molar-refractivity contribution in [1.29, 1.82) is 0 Å². The molecule has 106 valence electrons. The Morgan fingerprint density at radius 1 is 1.37 bits per heavy atom. The van der Waals surface area contributed by atoms with Crippen molar-refractivity contribution in [2.75, 3.05) is 19.3 Å². The Hall–Kier alpha value is -1.55. The predicted molar refractivity (Wildman–Crippen MR) is 77.8 cm³/mol. The molecule has 0 aliphatic carbocycles. The minimum Gasteiger partial charge on any atom is -0.399 e. The van der Waals surface area contributed by atoms with E-state index >= 15 is 0 Å². The topological polar surface area (TPSA) is 66.6 Å². The normalized spacial score (nSPS) is 13.1. The Balaban J connectivity index is 2.81. The fourth-order valence-corrected chi connectivity index (χ4v) is 1.98. The Labute approximate surface area is 115 Å². The molecule has 1 aromatic carbocycles. The van der Waals surface area contributed by atoms with E-state index < -0.39 is 11.5 Å². The summed E-state index contributed by atoms with van der Waals surface area (Å²) in [4.78, 5) is 14.1. The molecule has 4 heteroatoms. The number of hydrogen-bond donors (Lipinski definition) is 2. The molecular weight excluding hydrogens is 240 g/mol. The van der Waals surface area contributed by atoms with Crippen LogP contribution in [-0.4, -0.2) is 35.6 Å². The van der Waals surface area contributed by atoms with Gasteiger partial charge in [0.15, 0.2) is 0 Å². The molecular formula is C15H24N2O2. The van der Waals surface area contributed by atoms with Crippen LogP contribution in [0.5, 0.6) is 0 Å². The lowest BCUT2D eigenvalue weighted by molar-refractivity contribution is -0.135. The quantitative estimate of drug-likeness (QED) is 0.797. The van der Waals surface area contributed by atoms with Crippen molar-refractivity contribution in [3.63, 3.8) is 0 Å². The van der Waals surface area contributed by atoms with Crippen LogP contribution < -0.4 is 5.73 Å². The molecule has 1 amide bonds. The van der Waals surface area contributed by atoms with Gasteiger partial charge in [-0.3, -0.25) is 4.79 Å². The van der Waals surface area contributed by atoms with Crippen molar-refractivity contribution in [3.05, 3.63) is 29.8 Å². The van der Waals surface area contributed by atoms with Crippen LogP contribution in [0.4, 0.5) is 5.69 Å². The molecule has 3 N–H and O–H groups in total. The summed E-state index contributed by atoms with van der Waals surface area (Å²) >= 11 is 0. The number of nitrogen functional groups attached to an aromatic ring is 1. The van der Waals surface area contributed by atoms with Gasteiger partial charge in [-0.15, -0.1) is 0 Å². The van der Waals surface area contributed by atoms with Gasteiger partial charge >= 0.3 is 0 Å². The minimum atomic E-state index is -0.596. The number of aliphatic hydroxyl groups excluding tert-OH is 1. The molecule has 1 atom stereocenters. The Bertz CT molecular complexity index is 424. The SMILES string of the molecule is CC(O)CCN(C)C(=O)C(C)(C)c1ccc(N)cc1. The molecule has 1 aromatic rings. The summed E-state index contributed by atoms with van der Waals surface area (Å²) in [6.45, 7) is 6.08. The van der Waals surface area contributed by atoms with E-state index in [0.717, 1.165) is 5.56 Å². The van der Waals surface area contributed by atoms with Gasteiger partial charge < -0.3 is 15.7 Å². The fraction of sp³-hybridized carbons (Fsp3) is 0.533. The molecule has 0 saturated heterocycles. The first kappa shape index (κ1) is 15.5. The maximum atomic E-state index is 12.5. The number of aliphatic hydroxyl groups is 1. The van der Waals surface area contributed by atoms with Crippen LogP contribution in [-0.2, 0) is 10.2 Å². The monoisotopic (exact) mass is 264 g/mol. The van der Waals surface area contributed by atoms with Gasteiger partial charge in [0.25, 0.3) is 0 Å². The second-order valence-corrected chi connectivity index (χ2v) is 5.61. The first-order valence-electron chi connectivity index (χ1n) is 6.55. The zero-order valence-electron chi connectivity index (χ0n) is 12.2. The van der Waals surface area contributed by atoms with Gasteiger partial charge in [0, 0.05) is 19.3 Å². The number of anilines is 1. The lowest BCUT2D eigenvalue weighted by atomic mass is 9.83. The van der Waals surface area contributed by atoms with E-state index in [0.29, 0.717) is 18.7 Å². The number of benzene rings is 1. The number of nitrogens with zero attached hydrogens (tertiary/aromatic N) is 1. The van der Waals surface area contributed by atoms with Crippen molar-refractivity contribution < 1.29 is 9.90 Å². The maximum Gasteiger partial charge on any atom is 0.232 e. The molecule has 1 rings (SSSR count). The summed E-state index contributed by atoms with van der Waals surface area (Å²) in [5, 5.41) is 9.28. The van der Waals surface area contributed by atoms with Crippen LogP contribution >= 0.6 is 0 Å². The summed E-state index contributed by atoms with van der Waals surface area (Å²) in [6.07, 6.45) is 0.190. The van der Waals surface area contributed by atoms with E-state index in [9.17, 15) is 9.90 Å². The van der Waals surface area contributed by atoms with Crippen molar-refractivity contribution in [3.8, 4) is 0 Å². The van der Waals surface area contributed by atoms with Gasteiger partial charge in [-0.1, -0.05) is 12.1 Å². The molecule has 0 radical (unpaired) electrons. The highest BCUT2D eigenvalue weighted by Crippen LogP contribution is 2.26.